The Bertz CT molecular complexity index is 625. The minimum Gasteiger partial charge on any atom is -0.351 e. The highest BCUT2D eigenvalue weighted by Gasteiger charge is 2.21. The number of benzene rings is 1. The third kappa shape index (κ3) is 3.05. The maximum Gasteiger partial charge on any atom is 0.258 e. The summed E-state index contributed by atoms with van der Waals surface area (Å²) in [6, 6.07) is 7.55. The van der Waals surface area contributed by atoms with Crippen LogP contribution in [0, 0.1) is 0 Å². The van der Waals surface area contributed by atoms with Crippen molar-refractivity contribution in [2.75, 3.05) is 10.6 Å². The number of rotatable bonds is 4. The second-order valence-electron chi connectivity index (χ2n) is 4.65. The standard InChI is InChI=1S/C14H13ClN4O/c15-11-3-1-2-4-12(11)19-13(20)9-7-16-14(17-8-9)18-10-5-6-10/h1-4,7-8,10H,5-6H2,(H,19,20)(H,16,17,18). The van der Waals surface area contributed by atoms with Gasteiger partial charge in [0.25, 0.3) is 5.91 Å². The lowest BCUT2D eigenvalue weighted by atomic mass is 10.3. The highest BCUT2D eigenvalue weighted by Crippen LogP contribution is 2.23. The SMILES string of the molecule is O=C(Nc1ccccc1Cl)c1cnc(NC2CC2)nc1. The molecule has 0 saturated heterocycles. The summed E-state index contributed by atoms with van der Waals surface area (Å²) in [6.45, 7) is 0. The molecule has 1 aliphatic rings. The Hall–Kier alpha value is -2.14. The molecule has 1 heterocycles. The van der Waals surface area contributed by atoms with Gasteiger partial charge in [-0.25, -0.2) is 9.97 Å². The van der Waals surface area contributed by atoms with Crippen molar-refractivity contribution >= 4 is 29.1 Å². The summed E-state index contributed by atoms with van der Waals surface area (Å²) in [5, 5.41) is 6.39. The van der Waals surface area contributed by atoms with Crippen LogP contribution in [0.2, 0.25) is 5.02 Å². The summed E-state index contributed by atoms with van der Waals surface area (Å²) >= 11 is 5.99. The van der Waals surface area contributed by atoms with Crippen molar-refractivity contribution in [3.63, 3.8) is 0 Å². The zero-order chi connectivity index (χ0) is 13.9. The Kier molecular flexibility index (Phi) is 3.52. The third-order valence-electron chi connectivity index (χ3n) is 2.95. The number of hydrogen-bond acceptors (Lipinski definition) is 4. The van der Waals surface area contributed by atoms with Crippen molar-refractivity contribution in [1.82, 2.24) is 9.97 Å². The summed E-state index contributed by atoms with van der Waals surface area (Å²) < 4.78 is 0. The molecule has 6 heteroatoms. The van der Waals surface area contributed by atoms with Gasteiger partial charge < -0.3 is 10.6 Å². The molecule has 0 atom stereocenters. The van der Waals surface area contributed by atoms with Crippen molar-refractivity contribution in [2.24, 2.45) is 0 Å². The molecule has 0 bridgehead atoms. The van der Waals surface area contributed by atoms with Gasteiger partial charge in [-0.15, -0.1) is 0 Å². The Labute approximate surface area is 121 Å². The summed E-state index contributed by atoms with van der Waals surface area (Å²) in [5.41, 5.74) is 0.964. The van der Waals surface area contributed by atoms with E-state index in [0.29, 0.717) is 28.3 Å². The van der Waals surface area contributed by atoms with E-state index in [1.807, 2.05) is 0 Å². The fraction of sp³-hybridized carbons (Fsp3) is 0.214. The lowest BCUT2D eigenvalue weighted by Gasteiger charge is -2.07. The predicted molar refractivity (Wildman–Crippen MR) is 78.1 cm³/mol. The Morgan fingerprint density at radius 2 is 1.90 bits per heavy atom. The van der Waals surface area contributed by atoms with Crippen LogP contribution in [0.15, 0.2) is 36.7 Å². The fourth-order valence-corrected chi connectivity index (χ4v) is 1.87. The van der Waals surface area contributed by atoms with E-state index in [2.05, 4.69) is 20.6 Å². The molecular formula is C14H13ClN4O. The molecule has 2 aromatic rings. The van der Waals surface area contributed by atoms with Crippen LogP contribution in [0.1, 0.15) is 23.2 Å². The molecule has 1 amide bonds. The summed E-state index contributed by atoms with van der Waals surface area (Å²) in [6.07, 6.45) is 5.31. The van der Waals surface area contributed by atoms with Crippen LogP contribution >= 0.6 is 11.6 Å². The van der Waals surface area contributed by atoms with Gasteiger partial charge in [0.15, 0.2) is 0 Å². The van der Waals surface area contributed by atoms with Crippen molar-refractivity contribution in [1.29, 1.82) is 0 Å². The number of para-hydroxylation sites is 1. The number of nitrogens with one attached hydrogen (secondary N) is 2. The van der Waals surface area contributed by atoms with Gasteiger partial charge in [-0.1, -0.05) is 23.7 Å². The first-order chi connectivity index (χ1) is 9.72. The van der Waals surface area contributed by atoms with Crippen LogP contribution in [0.3, 0.4) is 0 Å². The molecule has 1 aromatic heterocycles. The van der Waals surface area contributed by atoms with Crippen LogP contribution in [0.5, 0.6) is 0 Å². The molecule has 0 unspecified atom stereocenters. The first-order valence-electron chi connectivity index (χ1n) is 6.37. The summed E-state index contributed by atoms with van der Waals surface area (Å²) in [7, 11) is 0. The highest BCUT2D eigenvalue weighted by atomic mass is 35.5. The molecule has 1 aromatic carbocycles. The molecular weight excluding hydrogens is 276 g/mol. The monoisotopic (exact) mass is 288 g/mol. The van der Waals surface area contributed by atoms with Crippen LogP contribution in [0.4, 0.5) is 11.6 Å². The molecule has 1 aliphatic carbocycles. The number of hydrogen-bond donors (Lipinski definition) is 2. The predicted octanol–water partition coefficient (Wildman–Crippen LogP) is 2.96. The van der Waals surface area contributed by atoms with Crippen LogP contribution in [-0.2, 0) is 0 Å². The summed E-state index contributed by atoms with van der Waals surface area (Å²) in [5.74, 6) is 0.276. The van der Waals surface area contributed by atoms with Gasteiger partial charge in [-0.2, -0.15) is 0 Å². The first kappa shape index (κ1) is 12.9. The maximum absolute atomic E-state index is 12.0. The second-order valence-corrected chi connectivity index (χ2v) is 5.06. The molecule has 0 radical (unpaired) electrons. The van der Waals surface area contributed by atoms with E-state index in [0.717, 1.165) is 12.8 Å². The minimum atomic E-state index is -0.281. The molecule has 20 heavy (non-hydrogen) atoms. The fourth-order valence-electron chi connectivity index (χ4n) is 1.69. The molecule has 2 N–H and O–H groups in total. The zero-order valence-electron chi connectivity index (χ0n) is 10.6. The Morgan fingerprint density at radius 3 is 2.55 bits per heavy atom. The number of halogens is 1. The van der Waals surface area contributed by atoms with E-state index < -0.39 is 0 Å². The largest absolute Gasteiger partial charge is 0.351 e. The summed E-state index contributed by atoms with van der Waals surface area (Å²) in [4.78, 5) is 20.3. The quantitative estimate of drug-likeness (QED) is 0.908. The van der Waals surface area contributed by atoms with Gasteiger partial charge in [0.05, 0.1) is 16.3 Å². The highest BCUT2D eigenvalue weighted by molar-refractivity contribution is 6.33. The molecule has 102 valence electrons. The Balaban J connectivity index is 1.68. The van der Waals surface area contributed by atoms with Gasteiger partial charge >= 0.3 is 0 Å². The average molecular weight is 289 g/mol. The topological polar surface area (TPSA) is 66.9 Å². The van der Waals surface area contributed by atoms with Crippen LogP contribution in [-0.4, -0.2) is 21.9 Å². The first-order valence-corrected chi connectivity index (χ1v) is 6.74. The van der Waals surface area contributed by atoms with E-state index in [9.17, 15) is 4.79 Å². The molecule has 0 aliphatic heterocycles. The van der Waals surface area contributed by atoms with Crippen LogP contribution < -0.4 is 10.6 Å². The van der Waals surface area contributed by atoms with E-state index in [1.54, 1.807) is 24.3 Å². The molecule has 3 rings (SSSR count). The maximum atomic E-state index is 12.0. The number of carbonyl (C=O) groups is 1. The van der Waals surface area contributed by atoms with Gasteiger partial charge in [0.2, 0.25) is 5.95 Å². The number of amides is 1. The van der Waals surface area contributed by atoms with E-state index in [1.165, 1.54) is 12.4 Å². The number of aromatic nitrogens is 2. The van der Waals surface area contributed by atoms with Crippen molar-refractivity contribution < 1.29 is 4.79 Å². The lowest BCUT2D eigenvalue weighted by molar-refractivity contribution is 0.102. The third-order valence-corrected chi connectivity index (χ3v) is 3.28. The van der Waals surface area contributed by atoms with E-state index >= 15 is 0 Å². The van der Waals surface area contributed by atoms with Gasteiger partial charge in [-0.3, -0.25) is 4.79 Å². The molecule has 1 fully saturated rings. The molecule has 0 spiro atoms. The molecule has 1 saturated carbocycles. The minimum absolute atomic E-state index is 0.281. The lowest BCUT2D eigenvalue weighted by Crippen LogP contribution is -2.14. The second kappa shape index (κ2) is 5.46. The van der Waals surface area contributed by atoms with Gasteiger partial charge in [0.1, 0.15) is 0 Å². The van der Waals surface area contributed by atoms with Gasteiger partial charge in [-0.05, 0) is 25.0 Å². The Morgan fingerprint density at radius 1 is 1.20 bits per heavy atom. The van der Waals surface area contributed by atoms with Crippen molar-refractivity contribution in [3.05, 3.63) is 47.2 Å². The number of nitrogens with zero attached hydrogens (tertiary/aromatic N) is 2. The van der Waals surface area contributed by atoms with Crippen molar-refractivity contribution in [2.45, 2.75) is 18.9 Å². The number of carbonyl (C=O) groups excluding carboxylic acids is 1. The van der Waals surface area contributed by atoms with E-state index in [4.69, 9.17) is 11.6 Å². The normalized spacial score (nSPS) is 13.8. The molecule has 5 nitrogen and oxygen atoms in total. The number of anilines is 2. The zero-order valence-corrected chi connectivity index (χ0v) is 11.4. The van der Waals surface area contributed by atoms with Gasteiger partial charge in [0, 0.05) is 18.4 Å². The van der Waals surface area contributed by atoms with Crippen molar-refractivity contribution in [3.8, 4) is 0 Å². The van der Waals surface area contributed by atoms with Crippen LogP contribution in [0.25, 0.3) is 0 Å². The van der Waals surface area contributed by atoms with E-state index in [-0.39, 0.29) is 5.91 Å². The average Bonchev–Trinajstić information content (AvgIpc) is 3.26. The smallest absolute Gasteiger partial charge is 0.258 e.